The number of likely N-dealkylation sites (N-methyl/N-ethyl adjacent to an activating group) is 1. The molecule has 0 bridgehead atoms. The molecule has 0 saturated carbocycles. The predicted molar refractivity (Wildman–Crippen MR) is 78.1 cm³/mol. The van der Waals surface area contributed by atoms with Gasteiger partial charge in [0.2, 0.25) is 0 Å². The van der Waals surface area contributed by atoms with Crippen LogP contribution in [0.15, 0.2) is 24.3 Å². The van der Waals surface area contributed by atoms with Crippen LogP contribution < -0.4 is 15.0 Å². The zero-order valence-electron chi connectivity index (χ0n) is 11.9. The van der Waals surface area contributed by atoms with Crippen molar-refractivity contribution in [2.45, 2.75) is 18.9 Å². The number of anilines is 1. The van der Waals surface area contributed by atoms with Crippen molar-refractivity contribution in [3.05, 3.63) is 24.3 Å². The fourth-order valence-corrected chi connectivity index (χ4v) is 2.29. The van der Waals surface area contributed by atoms with E-state index in [2.05, 4.69) is 29.4 Å². The van der Waals surface area contributed by atoms with Gasteiger partial charge in [0, 0.05) is 45.0 Å². The van der Waals surface area contributed by atoms with Gasteiger partial charge >= 0.3 is 0 Å². The van der Waals surface area contributed by atoms with Crippen molar-refractivity contribution in [1.82, 2.24) is 5.32 Å². The average molecular weight is 264 g/mol. The fraction of sp³-hybridized carbons (Fsp3) is 0.600. The average Bonchev–Trinajstić information content (AvgIpc) is 2.96. The lowest BCUT2D eigenvalue weighted by molar-refractivity contribution is 0.110. The van der Waals surface area contributed by atoms with Gasteiger partial charge in [0.15, 0.2) is 0 Å². The highest BCUT2D eigenvalue weighted by Crippen LogP contribution is 2.19. The van der Waals surface area contributed by atoms with Crippen LogP contribution in [0.3, 0.4) is 0 Å². The molecule has 1 heterocycles. The number of methoxy groups -OCH3 is 1. The molecule has 106 valence electrons. The van der Waals surface area contributed by atoms with Crippen LogP contribution in [-0.2, 0) is 4.74 Å². The molecule has 0 amide bonds. The van der Waals surface area contributed by atoms with Gasteiger partial charge in [-0.1, -0.05) is 6.07 Å². The number of rotatable bonds is 7. The zero-order chi connectivity index (χ0) is 13.5. The molecule has 1 aromatic carbocycles. The normalized spacial score (nSPS) is 18.5. The lowest BCUT2D eigenvalue weighted by Crippen LogP contribution is -2.33. The summed E-state index contributed by atoms with van der Waals surface area (Å²) in [6.07, 6.45) is 2.82. The molecule has 1 aromatic rings. The van der Waals surface area contributed by atoms with Gasteiger partial charge in [0.1, 0.15) is 5.75 Å². The monoisotopic (exact) mass is 264 g/mol. The smallest absolute Gasteiger partial charge is 0.120 e. The van der Waals surface area contributed by atoms with E-state index in [1.54, 1.807) is 7.11 Å². The predicted octanol–water partition coefficient (Wildman–Crippen LogP) is 1.90. The van der Waals surface area contributed by atoms with Crippen LogP contribution in [0.4, 0.5) is 5.69 Å². The van der Waals surface area contributed by atoms with Crippen LogP contribution in [0.2, 0.25) is 0 Å². The van der Waals surface area contributed by atoms with Crippen LogP contribution in [0.1, 0.15) is 12.8 Å². The third-order valence-electron chi connectivity index (χ3n) is 3.51. The summed E-state index contributed by atoms with van der Waals surface area (Å²) in [5.74, 6) is 0.900. The van der Waals surface area contributed by atoms with E-state index in [1.807, 2.05) is 12.1 Å². The zero-order valence-corrected chi connectivity index (χ0v) is 11.9. The Balaban J connectivity index is 1.69. The summed E-state index contributed by atoms with van der Waals surface area (Å²) in [5, 5.41) is 3.46. The van der Waals surface area contributed by atoms with Gasteiger partial charge in [-0.25, -0.2) is 0 Å². The Morgan fingerprint density at radius 2 is 2.37 bits per heavy atom. The van der Waals surface area contributed by atoms with Gasteiger partial charge in [-0.15, -0.1) is 0 Å². The molecule has 1 saturated heterocycles. The van der Waals surface area contributed by atoms with Crippen molar-refractivity contribution in [3.8, 4) is 5.75 Å². The third kappa shape index (κ3) is 4.40. The highest BCUT2D eigenvalue weighted by atomic mass is 16.5. The molecule has 19 heavy (non-hydrogen) atoms. The minimum absolute atomic E-state index is 0.419. The summed E-state index contributed by atoms with van der Waals surface area (Å²) in [7, 11) is 3.80. The lowest BCUT2D eigenvalue weighted by Gasteiger charge is -2.20. The maximum absolute atomic E-state index is 5.58. The molecular formula is C15H24N2O2. The van der Waals surface area contributed by atoms with E-state index < -0.39 is 0 Å². The summed E-state index contributed by atoms with van der Waals surface area (Å²) in [4.78, 5) is 2.23. The van der Waals surface area contributed by atoms with Crippen molar-refractivity contribution in [1.29, 1.82) is 0 Å². The topological polar surface area (TPSA) is 33.7 Å². The van der Waals surface area contributed by atoms with Crippen molar-refractivity contribution in [2.75, 3.05) is 45.3 Å². The van der Waals surface area contributed by atoms with Crippen molar-refractivity contribution in [3.63, 3.8) is 0 Å². The molecule has 4 heteroatoms. The first-order valence-electron chi connectivity index (χ1n) is 6.97. The minimum Gasteiger partial charge on any atom is -0.497 e. The quantitative estimate of drug-likeness (QED) is 0.763. The molecule has 0 aromatic heterocycles. The van der Waals surface area contributed by atoms with Crippen molar-refractivity contribution >= 4 is 5.69 Å². The maximum atomic E-state index is 5.58. The van der Waals surface area contributed by atoms with E-state index in [0.29, 0.717) is 6.10 Å². The summed E-state index contributed by atoms with van der Waals surface area (Å²) in [5.41, 5.74) is 1.18. The second kappa shape index (κ2) is 7.36. The molecule has 1 aliphatic heterocycles. The van der Waals surface area contributed by atoms with Gasteiger partial charge in [-0.05, 0) is 25.0 Å². The number of ether oxygens (including phenoxy) is 2. The number of hydrogen-bond acceptors (Lipinski definition) is 4. The molecule has 1 fully saturated rings. The van der Waals surface area contributed by atoms with Crippen molar-refractivity contribution < 1.29 is 9.47 Å². The molecule has 4 nitrogen and oxygen atoms in total. The van der Waals surface area contributed by atoms with Gasteiger partial charge in [0.05, 0.1) is 13.2 Å². The van der Waals surface area contributed by atoms with E-state index in [4.69, 9.17) is 9.47 Å². The van der Waals surface area contributed by atoms with Gasteiger partial charge in [-0.2, -0.15) is 0 Å². The van der Waals surface area contributed by atoms with Gasteiger partial charge in [0.25, 0.3) is 0 Å². The van der Waals surface area contributed by atoms with E-state index in [1.165, 1.54) is 18.5 Å². The summed E-state index contributed by atoms with van der Waals surface area (Å²) in [6, 6.07) is 8.14. The first-order chi connectivity index (χ1) is 9.29. The maximum Gasteiger partial charge on any atom is 0.120 e. The van der Waals surface area contributed by atoms with Crippen LogP contribution in [0.5, 0.6) is 5.75 Å². The van der Waals surface area contributed by atoms with E-state index in [9.17, 15) is 0 Å². The Labute approximate surface area is 115 Å². The first kappa shape index (κ1) is 14.2. The molecule has 0 radical (unpaired) electrons. The van der Waals surface area contributed by atoms with E-state index in [-0.39, 0.29) is 0 Å². The Kier molecular flexibility index (Phi) is 5.48. The second-order valence-corrected chi connectivity index (χ2v) is 4.96. The largest absolute Gasteiger partial charge is 0.497 e. The molecule has 1 atom stereocenters. The fourth-order valence-electron chi connectivity index (χ4n) is 2.29. The Hall–Kier alpha value is -1.26. The molecule has 0 aliphatic carbocycles. The minimum atomic E-state index is 0.419. The molecule has 1 unspecified atom stereocenters. The first-order valence-corrected chi connectivity index (χ1v) is 6.97. The number of benzene rings is 1. The standard InChI is InChI=1S/C15H24N2O2/c1-17(13-5-3-6-14(11-13)18-2)9-8-16-12-15-7-4-10-19-15/h3,5-6,11,15-16H,4,7-10,12H2,1-2H3. The highest BCUT2D eigenvalue weighted by molar-refractivity contribution is 5.50. The highest BCUT2D eigenvalue weighted by Gasteiger charge is 2.14. The van der Waals surface area contributed by atoms with Crippen molar-refractivity contribution in [2.24, 2.45) is 0 Å². The van der Waals surface area contributed by atoms with Crippen LogP contribution >= 0.6 is 0 Å². The lowest BCUT2D eigenvalue weighted by atomic mass is 10.2. The molecule has 1 N–H and O–H groups in total. The Morgan fingerprint density at radius 3 is 3.11 bits per heavy atom. The molecular weight excluding hydrogens is 240 g/mol. The van der Waals surface area contributed by atoms with Crippen LogP contribution in [0.25, 0.3) is 0 Å². The van der Waals surface area contributed by atoms with Crippen LogP contribution in [0, 0.1) is 0 Å². The number of nitrogens with one attached hydrogen (secondary N) is 1. The summed E-state index contributed by atoms with van der Waals surface area (Å²) >= 11 is 0. The Morgan fingerprint density at radius 1 is 1.47 bits per heavy atom. The third-order valence-corrected chi connectivity index (χ3v) is 3.51. The van der Waals surface area contributed by atoms with E-state index in [0.717, 1.165) is 32.0 Å². The molecule has 2 rings (SSSR count). The second-order valence-electron chi connectivity index (χ2n) is 4.96. The SMILES string of the molecule is COc1cccc(N(C)CCNCC2CCCO2)c1. The molecule has 1 aliphatic rings. The number of nitrogens with zero attached hydrogens (tertiary/aromatic N) is 1. The van der Waals surface area contributed by atoms with Gasteiger partial charge in [-0.3, -0.25) is 0 Å². The van der Waals surface area contributed by atoms with Gasteiger partial charge < -0.3 is 19.7 Å². The van der Waals surface area contributed by atoms with Crippen LogP contribution in [-0.4, -0.2) is 46.5 Å². The number of hydrogen-bond donors (Lipinski definition) is 1. The summed E-state index contributed by atoms with van der Waals surface area (Å²) < 4.78 is 10.8. The summed E-state index contributed by atoms with van der Waals surface area (Å²) in [6.45, 7) is 3.83. The Bertz CT molecular complexity index is 378. The van der Waals surface area contributed by atoms with E-state index >= 15 is 0 Å². The molecule has 0 spiro atoms.